The smallest absolute Gasteiger partial charge is 0.262 e. The number of benzene rings is 2. The molecule has 0 atom stereocenters. The average Bonchev–Trinajstić information content (AvgIpc) is 2.73. The van der Waals surface area contributed by atoms with Crippen molar-refractivity contribution in [1.82, 2.24) is 4.90 Å². The Morgan fingerprint density at radius 1 is 1.07 bits per heavy atom. The molecular weight excluding hydrogens is 390 g/mol. The van der Waals surface area contributed by atoms with Crippen LogP contribution in [0.25, 0.3) is 0 Å². The van der Waals surface area contributed by atoms with Gasteiger partial charge in [-0.15, -0.1) is 0 Å². The number of para-hydroxylation sites is 1. The molecule has 0 spiro atoms. The number of ether oxygens (including phenoxy) is 1. The minimum atomic E-state index is -0.258. The first-order chi connectivity index (χ1) is 13.9. The molecule has 2 amide bonds. The van der Waals surface area contributed by atoms with E-state index in [1.165, 1.54) is 0 Å². The van der Waals surface area contributed by atoms with Crippen molar-refractivity contribution in [2.45, 2.75) is 13.8 Å². The van der Waals surface area contributed by atoms with Crippen molar-refractivity contribution < 1.29 is 14.3 Å². The molecule has 6 nitrogen and oxygen atoms in total. The third-order valence-electron chi connectivity index (χ3n) is 4.77. The summed E-state index contributed by atoms with van der Waals surface area (Å²) in [6.45, 7) is 6.45. The fourth-order valence-electron chi connectivity index (χ4n) is 3.27. The summed E-state index contributed by atoms with van der Waals surface area (Å²) in [4.78, 5) is 28.7. The van der Waals surface area contributed by atoms with Crippen LogP contribution in [-0.2, 0) is 9.59 Å². The molecular formula is C22H26ClN3O3. The summed E-state index contributed by atoms with van der Waals surface area (Å²) < 4.78 is 5.52. The Balaban J connectivity index is 1.64. The Hall–Kier alpha value is -2.73. The number of hydrogen-bond donors (Lipinski definition) is 1. The zero-order valence-electron chi connectivity index (χ0n) is 16.7. The lowest BCUT2D eigenvalue weighted by atomic mass is 10.1. The van der Waals surface area contributed by atoms with Crippen molar-refractivity contribution >= 4 is 34.8 Å². The first-order valence-electron chi connectivity index (χ1n) is 9.75. The molecule has 1 heterocycles. The second kappa shape index (κ2) is 9.65. The van der Waals surface area contributed by atoms with Crippen molar-refractivity contribution in [3.63, 3.8) is 0 Å². The number of halogens is 1. The Kier molecular flexibility index (Phi) is 6.99. The van der Waals surface area contributed by atoms with Gasteiger partial charge in [-0.3, -0.25) is 9.59 Å². The van der Waals surface area contributed by atoms with Crippen molar-refractivity contribution in [2.75, 3.05) is 43.0 Å². The van der Waals surface area contributed by atoms with Gasteiger partial charge in [-0.25, -0.2) is 0 Å². The number of carbonyl (C=O) groups is 2. The summed E-state index contributed by atoms with van der Waals surface area (Å²) in [6.07, 6.45) is 0. The Bertz CT molecular complexity index is 850. The highest BCUT2D eigenvalue weighted by atomic mass is 35.5. The van der Waals surface area contributed by atoms with Crippen molar-refractivity contribution in [3.05, 3.63) is 53.6 Å². The lowest BCUT2D eigenvalue weighted by Gasteiger charge is -2.37. The lowest BCUT2D eigenvalue weighted by molar-refractivity contribution is -0.134. The van der Waals surface area contributed by atoms with Gasteiger partial charge in [0.2, 0.25) is 5.91 Å². The summed E-state index contributed by atoms with van der Waals surface area (Å²) in [6, 6.07) is 14.6. The van der Waals surface area contributed by atoms with E-state index in [0.29, 0.717) is 42.6 Å². The third-order valence-corrected chi connectivity index (χ3v) is 5.01. The van der Waals surface area contributed by atoms with E-state index >= 15 is 0 Å². The molecule has 2 aromatic carbocycles. The van der Waals surface area contributed by atoms with Gasteiger partial charge in [0, 0.05) is 37.1 Å². The topological polar surface area (TPSA) is 61.9 Å². The van der Waals surface area contributed by atoms with Gasteiger partial charge in [-0.2, -0.15) is 0 Å². The number of piperazine rings is 1. The predicted molar refractivity (Wildman–Crippen MR) is 116 cm³/mol. The first-order valence-corrected chi connectivity index (χ1v) is 10.1. The molecule has 29 heavy (non-hydrogen) atoms. The second-order valence-electron chi connectivity index (χ2n) is 7.28. The Morgan fingerprint density at radius 2 is 1.76 bits per heavy atom. The van der Waals surface area contributed by atoms with Crippen LogP contribution in [0.3, 0.4) is 0 Å². The lowest BCUT2D eigenvalue weighted by Crippen LogP contribution is -2.50. The zero-order valence-corrected chi connectivity index (χ0v) is 17.5. The van der Waals surface area contributed by atoms with Gasteiger partial charge < -0.3 is 19.9 Å². The highest BCUT2D eigenvalue weighted by Crippen LogP contribution is 2.30. The normalized spacial score (nSPS) is 14.1. The van der Waals surface area contributed by atoms with E-state index in [1.807, 2.05) is 43.0 Å². The number of anilines is 2. The van der Waals surface area contributed by atoms with Crippen LogP contribution in [0.1, 0.15) is 13.8 Å². The van der Waals surface area contributed by atoms with Crippen LogP contribution in [0.5, 0.6) is 5.75 Å². The van der Waals surface area contributed by atoms with Crippen molar-refractivity contribution in [3.8, 4) is 5.75 Å². The number of nitrogens with zero attached hydrogens (tertiary/aromatic N) is 2. The van der Waals surface area contributed by atoms with E-state index in [0.717, 1.165) is 5.69 Å². The maximum atomic E-state index is 12.4. The molecule has 154 valence electrons. The van der Waals surface area contributed by atoms with Crippen LogP contribution in [0, 0.1) is 5.92 Å². The summed E-state index contributed by atoms with van der Waals surface area (Å²) >= 11 is 6.16. The molecule has 7 heteroatoms. The Morgan fingerprint density at radius 3 is 2.41 bits per heavy atom. The maximum Gasteiger partial charge on any atom is 0.262 e. The molecule has 3 rings (SSSR count). The molecule has 1 saturated heterocycles. The molecule has 0 unspecified atom stereocenters. The number of nitrogens with one attached hydrogen (secondary N) is 1. The van der Waals surface area contributed by atoms with Gasteiger partial charge in [-0.05, 0) is 30.3 Å². The van der Waals surface area contributed by atoms with Gasteiger partial charge >= 0.3 is 0 Å². The quantitative estimate of drug-likeness (QED) is 0.782. The van der Waals surface area contributed by atoms with Crippen LogP contribution in [-0.4, -0.2) is 49.5 Å². The van der Waals surface area contributed by atoms with E-state index in [2.05, 4.69) is 10.2 Å². The fourth-order valence-corrected chi connectivity index (χ4v) is 3.44. The van der Waals surface area contributed by atoms with Gasteiger partial charge in [0.1, 0.15) is 5.75 Å². The van der Waals surface area contributed by atoms with E-state index in [1.54, 1.807) is 24.3 Å². The minimum absolute atomic E-state index is 0.00320. The molecule has 0 aromatic heterocycles. The number of hydrogen-bond acceptors (Lipinski definition) is 4. The summed E-state index contributed by atoms with van der Waals surface area (Å²) in [5.74, 6) is 0.551. The number of rotatable bonds is 6. The van der Waals surface area contributed by atoms with E-state index in [-0.39, 0.29) is 24.3 Å². The third kappa shape index (κ3) is 5.64. The largest absolute Gasteiger partial charge is 0.484 e. The van der Waals surface area contributed by atoms with Crippen molar-refractivity contribution in [1.29, 1.82) is 0 Å². The SMILES string of the molecule is CC(C)C(=O)N1CCN(c2ccc(Cl)cc2NC(=O)COc2ccccc2)CC1. The average molecular weight is 416 g/mol. The minimum Gasteiger partial charge on any atom is -0.484 e. The molecule has 1 N–H and O–H groups in total. The maximum absolute atomic E-state index is 12.4. The van der Waals surface area contributed by atoms with E-state index < -0.39 is 0 Å². The molecule has 0 bridgehead atoms. The summed E-state index contributed by atoms with van der Waals surface area (Å²) in [5.41, 5.74) is 1.53. The molecule has 0 radical (unpaired) electrons. The van der Waals surface area contributed by atoms with Gasteiger partial charge in [-0.1, -0.05) is 43.6 Å². The highest BCUT2D eigenvalue weighted by molar-refractivity contribution is 6.31. The van der Waals surface area contributed by atoms with Crippen LogP contribution in [0.2, 0.25) is 5.02 Å². The van der Waals surface area contributed by atoms with Crippen LogP contribution in [0.15, 0.2) is 48.5 Å². The van der Waals surface area contributed by atoms with Crippen molar-refractivity contribution in [2.24, 2.45) is 5.92 Å². The van der Waals surface area contributed by atoms with Gasteiger partial charge in [0.25, 0.3) is 5.91 Å². The van der Waals surface area contributed by atoms with Crippen LogP contribution in [0.4, 0.5) is 11.4 Å². The molecule has 0 saturated carbocycles. The monoisotopic (exact) mass is 415 g/mol. The highest BCUT2D eigenvalue weighted by Gasteiger charge is 2.24. The fraction of sp³-hybridized carbons (Fsp3) is 0.364. The standard InChI is InChI=1S/C22H26ClN3O3/c1-16(2)22(28)26-12-10-25(11-13-26)20-9-8-17(23)14-19(20)24-21(27)15-29-18-6-4-3-5-7-18/h3-9,14,16H,10-13,15H2,1-2H3,(H,24,27). The Labute approximate surface area is 176 Å². The summed E-state index contributed by atoms with van der Waals surface area (Å²) in [5, 5.41) is 3.44. The molecule has 1 aliphatic heterocycles. The van der Waals surface area contributed by atoms with E-state index in [9.17, 15) is 9.59 Å². The molecule has 0 aliphatic carbocycles. The van der Waals surface area contributed by atoms with Crippen LogP contribution >= 0.6 is 11.6 Å². The molecule has 1 fully saturated rings. The molecule has 1 aliphatic rings. The second-order valence-corrected chi connectivity index (χ2v) is 7.71. The van der Waals surface area contributed by atoms with Gasteiger partial charge in [0.05, 0.1) is 11.4 Å². The first kappa shape index (κ1) is 21.0. The molecule has 2 aromatic rings. The van der Waals surface area contributed by atoms with Crippen LogP contribution < -0.4 is 15.0 Å². The number of carbonyl (C=O) groups excluding carboxylic acids is 2. The number of amides is 2. The predicted octanol–water partition coefficient (Wildman–Crippen LogP) is 3.66. The van der Waals surface area contributed by atoms with E-state index in [4.69, 9.17) is 16.3 Å². The zero-order chi connectivity index (χ0) is 20.8. The van der Waals surface area contributed by atoms with Gasteiger partial charge in [0.15, 0.2) is 6.61 Å². The summed E-state index contributed by atoms with van der Waals surface area (Å²) in [7, 11) is 0.